The van der Waals surface area contributed by atoms with Crippen molar-refractivity contribution in [1.29, 1.82) is 5.26 Å². The molecule has 1 fully saturated rings. The highest BCUT2D eigenvalue weighted by Gasteiger charge is 2.44. The fourth-order valence-electron chi connectivity index (χ4n) is 3.51. The summed E-state index contributed by atoms with van der Waals surface area (Å²) in [4.78, 5) is 12.8. The number of ether oxygens (including phenoxy) is 2. The Balaban J connectivity index is 1.61. The SMILES string of the molecule is COC[C@H]1O[C@@H](n2cnc3c(NCCc4ccccc4)nc(C#N)nc32)[C@@H](O)[C@@H]1O. The van der Waals surface area contributed by atoms with Crippen LogP contribution in [-0.2, 0) is 15.9 Å². The molecule has 0 bridgehead atoms. The fourth-order valence-corrected chi connectivity index (χ4v) is 3.51. The molecule has 3 N–H and O–H groups in total. The monoisotopic (exact) mass is 410 g/mol. The lowest BCUT2D eigenvalue weighted by atomic mass is 10.1. The third-order valence-electron chi connectivity index (χ3n) is 5.01. The summed E-state index contributed by atoms with van der Waals surface area (Å²) in [7, 11) is 1.49. The molecule has 0 amide bonds. The van der Waals surface area contributed by atoms with E-state index in [4.69, 9.17) is 9.47 Å². The molecule has 3 heterocycles. The molecular weight excluding hydrogens is 388 g/mol. The van der Waals surface area contributed by atoms with Crippen LogP contribution in [0.2, 0.25) is 0 Å². The number of rotatable bonds is 7. The smallest absolute Gasteiger partial charge is 0.236 e. The van der Waals surface area contributed by atoms with Gasteiger partial charge in [0.1, 0.15) is 24.4 Å². The maximum atomic E-state index is 10.4. The maximum Gasteiger partial charge on any atom is 0.236 e. The number of nitrogens with one attached hydrogen (secondary N) is 1. The van der Waals surface area contributed by atoms with E-state index in [1.54, 1.807) is 0 Å². The molecule has 30 heavy (non-hydrogen) atoms. The molecule has 4 atom stereocenters. The minimum absolute atomic E-state index is 0.0343. The van der Waals surface area contributed by atoms with Crippen LogP contribution in [0.5, 0.6) is 0 Å². The molecule has 1 aliphatic rings. The van der Waals surface area contributed by atoms with Gasteiger partial charge < -0.3 is 25.0 Å². The third-order valence-corrected chi connectivity index (χ3v) is 5.01. The number of hydrogen-bond acceptors (Lipinski definition) is 9. The molecule has 0 saturated carbocycles. The Morgan fingerprint density at radius 2 is 2.03 bits per heavy atom. The molecule has 10 nitrogen and oxygen atoms in total. The van der Waals surface area contributed by atoms with E-state index in [0.29, 0.717) is 23.5 Å². The van der Waals surface area contributed by atoms with Crippen LogP contribution in [0.15, 0.2) is 36.7 Å². The van der Waals surface area contributed by atoms with E-state index in [0.717, 1.165) is 6.42 Å². The molecule has 0 spiro atoms. The zero-order valence-corrected chi connectivity index (χ0v) is 16.3. The van der Waals surface area contributed by atoms with Gasteiger partial charge in [0, 0.05) is 13.7 Å². The topological polar surface area (TPSA) is 138 Å². The number of fused-ring (bicyclic) bond motifs is 1. The first-order valence-corrected chi connectivity index (χ1v) is 9.55. The average Bonchev–Trinajstić information content (AvgIpc) is 3.31. The van der Waals surface area contributed by atoms with Crippen LogP contribution in [0.4, 0.5) is 5.82 Å². The van der Waals surface area contributed by atoms with E-state index in [1.807, 2.05) is 36.4 Å². The van der Waals surface area contributed by atoms with Crippen molar-refractivity contribution in [3.05, 3.63) is 48.0 Å². The zero-order valence-electron chi connectivity index (χ0n) is 16.3. The van der Waals surface area contributed by atoms with Crippen LogP contribution >= 0.6 is 0 Å². The molecule has 0 radical (unpaired) electrons. The second kappa shape index (κ2) is 8.73. The minimum atomic E-state index is -1.20. The second-order valence-electron chi connectivity index (χ2n) is 7.00. The highest BCUT2D eigenvalue weighted by molar-refractivity contribution is 5.83. The van der Waals surface area contributed by atoms with Gasteiger partial charge in [-0.2, -0.15) is 15.2 Å². The number of methoxy groups -OCH3 is 1. The van der Waals surface area contributed by atoms with Crippen LogP contribution in [0.3, 0.4) is 0 Å². The lowest BCUT2D eigenvalue weighted by Gasteiger charge is -2.16. The van der Waals surface area contributed by atoms with Crippen LogP contribution in [0.25, 0.3) is 11.2 Å². The van der Waals surface area contributed by atoms with E-state index >= 15 is 0 Å². The van der Waals surface area contributed by atoms with E-state index in [1.165, 1.54) is 23.6 Å². The van der Waals surface area contributed by atoms with Crippen molar-refractivity contribution in [3.63, 3.8) is 0 Å². The van der Waals surface area contributed by atoms with Gasteiger partial charge in [0.25, 0.3) is 0 Å². The Morgan fingerprint density at radius 3 is 2.77 bits per heavy atom. The lowest BCUT2D eigenvalue weighted by Crippen LogP contribution is -2.33. The normalized spacial score (nSPS) is 23.5. The number of anilines is 1. The molecule has 1 aromatic carbocycles. The largest absolute Gasteiger partial charge is 0.387 e. The van der Waals surface area contributed by atoms with Crippen molar-refractivity contribution in [2.45, 2.75) is 31.0 Å². The van der Waals surface area contributed by atoms with Crippen LogP contribution in [0, 0.1) is 11.3 Å². The second-order valence-corrected chi connectivity index (χ2v) is 7.00. The van der Waals surface area contributed by atoms with Crippen LogP contribution in [0.1, 0.15) is 17.6 Å². The number of imidazole rings is 1. The molecule has 10 heteroatoms. The quantitative estimate of drug-likeness (QED) is 0.511. The predicted octanol–water partition coefficient (Wildman–Crippen LogP) is 0.618. The number of benzene rings is 1. The molecule has 1 aliphatic heterocycles. The van der Waals surface area contributed by atoms with Crippen LogP contribution in [-0.4, -0.2) is 68.3 Å². The summed E-state index contributed by atoms with van der Waals surface area (Å²) < 4.78 is 12.3. The molecule has 156 valence electrons. The number of aliphatic hydroxyl groups is 2. The molecule has 0 aliphatic carbocycles. The van der Waals surface area contributed by atoms with E-state index in [9.17, 15) is 15.5 Å². The Hall–Kier alpha value is -3.10. The molecule has 3 aromatic rings. The van der Waals surface area contributed by atoms with Gasteiger partial charge in [0.15, 0.2) is 23.2 Å². The van der Waals surface area contributed by atoms with Gasteiger partial charge in [-0.1, -0.05) is 30.3 Å². The van der Waals surface area contributed by atoms with Gasteiger partial charge in [0.2, 0.25) is 5.82 Å². The predicted molar refractivity (Wildman–Crippen MR) is 106 cm³/mol. The molecular formula is C20H22N6O4. The summed E-state index contributed by atoms with van der Waals surface area (Å²) in [5.74, 6) is 0.389. The van der Waals surface area contributed by atoms with Crippen molar-refractivity contribution < 1.29 is 19.7 Å². The Morgan fingerprint density at radius 1 is 1.23 bits per heavy atom. The van der Waals surface area contributed by atoms with E-state index in [2.05, 4.69) is 20.3 Å². The number of nitriles is 1. The molecule has 4 rings (SSSR count). The van der Waals surface area contributed by atoms with E-state index < -0.39 is 24.5 Å². The maximum absolute atomic E-state index is 10.4. The van der Waals surface area contributed by atoms with Crippen molar-refractivity contribution in [2.75, 3.05) is 25.6 Å². The summed E-state index contributed by atoms with van der Waals surface area (Å²) in [5, 5.41) is 33.2. The molecule has 1 saturated heterocycles. The van der Waals surface area contributed by atoms with Crippen LogP contribution < -0.4 is 5.32 Å². The third kappa shape index (κ3) is 3.83. The van der Waals surface area contributed by atoms with Crippen molar-refractivity contribution in [2.24, 2.45) is 0 Å². The van der Waals surface area contributed by atoms with Crippen molar-refractivity contribution in [1.82, 2.24) is 19.5 Å². The van der Waals surface area contributed by atoms with Gasteiger partial charge in [-0.25, -0.2) is 4.98 Å². The summed E-state index contributed by atoms with van der Waals surface area (Å²) in [6, 6.07) is 11.9. The van der Waals surface area contributed by atoms with Crippen molar-refractivity contribution in [3.8, 4) is 6.07 Å². The Bertz CT molecular complexity index is 1050. The van der Waals surface area contributed by atoms with Gasteiger partial charge in [-0.05, 0) is 12.0 Å². The number of aliphatic hydroxyl groups excluding tert-OH is 2. The fraction of sp³-hybridized carbons (Fsp3) is 0.400. The van der Waals surface area contributed by atoms with Crippen molar-refractivity contribution >= 4 is 17.0 Å². The Kier molecular flexibility index (Phi) is 5.87. The highest BCUT2D eigenvalue weighted by atomic mass is 16.6. The standard InChI is InChI=1S/C20H22N6O4/c1-29-10-13-16(27)17(28)20(30-13)26-11-23-15-18(24-14(9-21)25-19(15)26)22-8-7-12-5-3-2-4-6-12/h2-6,11,13,16-17,20,27-28H,7-8,10H2,1H3,(H,22,24,25)/t13-,16-,17+,20-/m1/s1. The van der Waals surface area contributed by atoms with Gasteiger partial charge >= 0.3 is 0 Å². The first-order valence-electron chi connectivity index (χ1n) is 9.55. The summed E-state index contributed by atoms with van der Waals surface area (Å²) in [5.41, 5.74) is 1.95. The first-order chi connectivity index (χ1) is 14.6. The lowest BCUT2D eigenvalue weighted by molar-refractivity contribution is -0.0580. The summed E-state index contributed by atoms with van der Waals surface area (Å²) in [6.45, 7) is 0.719. The van der Waals surface area contributed by atoms with E-state index in [-0.39, 0.29) is 12.4 Å². The first kappa shape index (κ1) is 20.2. The van der Waals surface area contributed by atoms with Gasteiger partial charge in [-0.15, -0.1) is 0 Å². The molecule has 2 aromatic heterocycles. The zero-order chi connectivity index (χ0) is 21.1. The number of nitrogens with zero attached hydrogens (tertiary/aromatic N) is 5. The summed E-state index contributed by atoms with van der Waals surface area (Å²) in [6.07, 6.45) is -1.69. The summed E-state index contributed by atoms with van der Waals surface area (Å²) >= 11 is 0. The molecule has 0 unspecified atom stereocenters. The minimum Gasteiger partial charge on any atom is -0.387 e. The number of aromatic nitrogens is 4. The van der Waals surface area contributed by atoms with Gasteiger partial charge in [-0.3, -0.25) is 4.57 Å². The average molecular weight is 410 g/mol. The number of hydrogen-bond donors (Lipinski definition) is 3. The van der Waals surface area contributed by atoms with Gasteiger partial charge in [0.05, 0.1) is 12.9 Å². The Labute approximate surface area is 172 Å². The highest BCUT2D eigenvalue weighted by Crippen LogP contribution is 2.32.